The maximum atomic E-state index is 11.8. The van der Waals surface area contributed by atoms with Gasteiger partial charge in [0.05, 0.1) is 12.1 Å². The van der Waals surface area contributed by atoms with Crippen LogP contribution in [0.1, 0.15) is 17.4 Å². The molecule has 0 saturated heterocycles. The third kappa shape index (κ3) is 1.77. The normalized spacial score (nSPS) is 10.5. The van der Waals surface area contributed by atoms with Crippen molar-refractivity contribution in [1.82, 2.24) is 4.57 Å². The summed E-state index contributed by atoms with van der Waals surface area (Å²) in [7, 11) is 0. The fourth-order valence-electron chi connectivity index (χ4n) is 1.76. The Bertz CT molecular complexity index is 629. The first-order valence-electron chi connectivity index (χ1n) is 5.30. The molecule has 0 aliphatic carbocycles. The highest BCUT2D eigenvalue weighted by molar-refractivity contribution is 6.02. The number of carbonyl (C=O) groups excluding carboxylic acids is 1. The van der Waals surface area contributed by atoms with Crippen molar-refractivity contribution >= 4 is 23.0 Å². The molecule has 0 amide bonds. The minimum atomic E-state index is -1.27. The van der Waals surface area contributed by atoms with E-state index in [4.69, 9.17) is 9.84 Å². The number of phenolic OH excluding ortho intramolecular Hbond substituents is 1. The summed E-state index contributed by atoms with van der Waals surface area (Å²) in [4.78, 5) is 22.9. The van der Waals surface area contributed by atoms with Crippen LogP contribution in [0.5, 0.6) is 5.75 Å². The maximum Gasteiger partial charge on any atom is 0.419 e. The lowest BCUT2D eigenvalue weighted by molar-refractivity contribution is 0.0682. The number of carboxylic acids is 1. The number of carboxylic acid groups (broad SMARTS) is 1. The van der Waals surface area contributed by atoms with Crippen LogP contribution in [0.3, 0.4) is 0 Å². The summed E-state index contributed by atoms with van der Waals surface area (Å²) >= 11 is 0. The van der Waals surface area contributed by atoms with Crippen LogP contribution in [0, 0.1) is 0 Å². The average Bonchev–Trinajstić information content (AvgIpc) is 2.70. The van der Waals surface area contributed by atoms with Crippen LogP contribution in [0.2, 0.25) is 0 Å². The van der Waals surface area contributed by atoms with E-state index in [2.05, 4.69) is 0 Å². The zero-order valence-electron chi connectivity index (χ0n) is 9.58. The van der Waals surface area contributed by atoms with Gasteiger partial charge in [-0.15, -0.1) is 0 Å². The third-order valence-corrected chi connectivity index (χ3v) is 2.49. The number of hydrogen-bond donors (Lipinski definition) is 2. The predicted molar refractivity (Wildman–Crippen MR) is 63.0 cm³/mol. The molecule has 6 heteroatoms. The van der Waals surface area contributed by atoms with E-state index in [0.717, 1.165) is 4.57 Å². The molecule has 2 aromatic rings. The molecule has 1 aromatic carbocycles. The van der Waals surface area contributed by atoms with Gasteiger partial charge < -0.3 is 14.9 Å². The molecule has 0 saturated carbocycles. The molecule has 18 heavy (non-hydrogen) atoms. The molecule has 0 spiro atoms. The van der Waals surface area contributed by atoms with Gasteiger partial charge in [0.15, 0.2) is 0 Å². The Morgan fingerprint density at radius 2 is 2.11 bits per heavy atom. The highest BCUT2D eigenvalue weighted by Crippen LogP contribution is 2.28. The number of ether oxygens (including phenoxy) is 1. The largest absolute Gasteiger partial charge is 0.507 e. The average molecular weight is 249 g/mol. The summed E-state index contributed by atoms with van der Waals surface area (Å²) in [5.41, 5.74) is 0.0517. The Labute approximate surface area is 102 Å². The lowest BCUT2D eigenvalue weighted by Crippen LogP contribution is -2.18. The summed E-state index contributed by atoms with van der Waals surface area (Å²) < 4.78 is 5.74. The Morgan fingerprint density at radius 3 is 2.72 bits per heavy atom. The molecule has 0 bridgehead atoms. The first-order valence-corrected chi connectivity index (χ1v) is 5.30. The highest BCUT2D eigenvalue weighted by atomic mass is 16.5. The van der Waals surface area contributed by atoms with Gasteiger partial charge in [0, 0.05) is 5.39 Å². The highest BCUT2D eigenvalue weighted by Gasteiger charge is 2.21. The van der Waals surface area contributed by atoms with Crippen molar-refractivity contribution in [2.24, 2.45) is 0 Å². The van der Waals surface area contributed by atoms with E-state index in [1.54, 1.807) is 13.0 Å². The Kier molecular flexibility index (Phi) is 2.93. The lowest BCUT2D eigenvalue weighted by atomic mass is 10.2. The van der Waals surface area contributed by atoms with Gasteiger partial charge in [-0.05, 0) is 25.1 Å². The molecule has 0 unspecified atom stereocenters. The van der Waals surface area contributed by atoms with Gasteiger partial charge in [0.1, 0.15) is 11.4 Å². The number of phenols is 1. The van der Waals surface area contributed by atoms with Crippen molar-refractivity contribution in [2.75, 3.05) is 6.61 Å². The summed E-state index contributed by atoms with van der Waals surface area (Å²) in [6.07, 6.45) is -0.782. The first-order chi connectivity index (χ1) is 8.56. The van der Waals surface area contributed by atoms with E-state index >= 15 is 0 Å². The first kappa shape index (κ1) is 12.0. The van der Waals surface area contributed by atoms with Crippen molar-refractivity contribution in [3.63, 3.8) is 0 Å². The number of aromatic nitrogens is 1. The van der Waals surface area contributed by atoms with Crippen LogP contribution >= 0.6 is 0 Å². The van der Waals surface area contributed by atoms with Gasteiger partial charge in [-0.25, -0.2) is 14.2 Å². The predicted octanol–water partition coefficient (Wildman–Crippen LogP) is 2.05. The minimum Gasteiger partial charge on any atom is -0.507 e. The topological polar surface area (TPSA) is 88.8 Å². The quantitative estimate of drug-likeness (QED) is 0.850. The Hall–Kier alpha value is -2.50. The number of nitrogens with zero attached hydrogens (tertiary/aromatic N) is 1. The van der Waals surface area contributed by atoms with Gasteiger partial charge in [0.2, 0.25) is 0 Å². The second-order valence-electron chi connectivity index (χ2n) is 3.58. The molecular weight excluding hydrogens is 238 g/mol. The molecular formula is C12H11NO5. The number of fused-ring (bicyclic) bond motifs is 1. The lowest BCUT2D eigenvalue weighted by Gasteiger charge is -2.06. The summed E-state index contributed by atoms with van der Waals surface area (Å²) in [6, 6.07) is 5.73. The van der Waals surface area contributed by atoms with Gasteiger partial charge in [-0.3, -0.25) is 0 Å². The van der Waals surface area contributed by atoms with Gasteiger partial charge >= 0.3 is 12.1 Å². The zero-order chi connectivity index (χ0) is 13.3. The Balaban J connectivity index is 2.75. The van der Waals surface area contributed by atoms with Gasteiger partial charge in [0.25, 0.3) is 0 Å². The number of aromatic carboxylic acids is 1. The standard InChI is InChI=1S/C12H11NO5/c1-2-18-12(17)13-8-4-3-5-10(14)7(8)6-9(13)11(15)16/h3-6,14H,2H2,1H3,(H,15,16). The SMILES string of the molecule is CCOC(=O)n1c(C(=O)O)cc2c(O)cccc21. The number of hydrogen-bond acceptors (Lipinski definition) is 4. The second kappa shape index (κ2) is 4.40. The third-order valence-electron chi connectivity index (χ3n) is 2.49. The molecule has 1 aromatic heterocycles. The smallest absolute Gasteiger partial charge is 0.419 e. The molecule has 2 N–H and O–H groups in total. The number of benzene rings is 1. The van der Waals surface area contributed by atoms with Crippen LogP contribution in [0.25, 0.3) is 10.9 Å². The van der Waals surface area contributed by atoms with E-state index in [9.17, 15) is 14.7 Å². The fraction of sp³-hybridized carbons (Fsp3) is 0.167. The van der Waals surface area contributed by atoms with Gasteiger partial charge in [-0.1, -0.05) is 6.07 Å². The zero-order valence-corrected chi connectivity index (χ0v) is 9.58. The van der Waals surface area contributed by atoms with Crippen molar-refractivity contribution in [3.8, 4) is 5.75 Å². The fourth-order valence-corrected chi connectivity index (χ4v) is 1.76. The van der Waals surface area contributed by atoms with Crippen LogP contribution < -0.4 is 0 Å². The molecule has 6 nitrogen and oxygen atoms in total. The van der Waals surface area contributed by atoms with E-state index in [1.807, 2.05) is 0 Å². The number of rotatable bonds is 2. The minimum absolute atomic E-state index is 0.0851. The summed E-state index contributed by atoms with van der Waals surface area (Å²) in [5.74, 6) is -1.35. The summed E-state index contributed by atoms with van der Waals surface area (Å²) in [6.45, 7) is 1.76. The van der Waals surface area contributed by atoms with Crippen molar-refractivity contribution in [2.45, 2.75) is 6.92 Å². The van der Waals surface area contributed by atoms with Crippen molar-refractivity contribution in [3.05, 3.63) is 30.0 Å². The molecule has 94 valence electrons. The van der Waals surface area contributed by atoms with Crippen LogP contribution in [-0.2, 0) is 4.74 Å². The molecule has 1 heterocycles. The van der Waals surface area contributed by atoms with E-state index in [1.165, 1.54) is 18.2 Å². The molecule has 0 radical (unpaired) electrons. The van der Waals surface area contributed by atoms with Crippen LogP contribution in [0.15, 0.2) is 24.3 Å². The summed E-state index contributed by atoms with van der Waals surface area (Å²) in [5, 5.41) is 19.0. The van der Waals surface area contributed by atoms with Crippen LogP contribution in [0.4, 0.5) is 4.79 Å². The molecule has 0 fully saturated rings. The second-order valence-corrected chi connectivity index (χ2v) is 3.58. The molecule has 0 aliphatic heterocycles. The maximum absolute atomic E-state index is 11.8. The molecule has 0 aliphatic rings. The van der Waals surface area contributed by atoms with Crippen LogP contribution in [-0.4, -0.2) is 33.4 Å². The molecule has 2 rings (SSSR count). The van der Waals surface area contributed by atoms with Crippen molar-refractivity contribution < 1.29 is 24.5 Å². The van der Waals surface area contributed by atoms with E-state index < -0.39 is 12.1 Å². The Morgan fingerprint density at radius 1 is 1.39 bits per heavy atom. The monoisotopic (exact) mass is 249 g/mol. The van der Waals surface area contributed by atoms with Gasteiger partial charge in [-0.2, -0.15) is 0 Å². The van der Waals surface area contributed by atoms with E-state index in [0.29, 0.717) is 10.9 Å². The number of aromatic hydroxyl groups is 1. The molecule has 0 atom stereocenters. The van der Waals surface area contributed by atoms with E-state index in [-0.39, 0.29) is 18.1 Å². The number of carbonyl (C=O) groups is 2. The van der Waals surface area contributed by atoms with Crippen molar-refractivity contribution in [1.29, 1.82) is 0 Å².